The zero-order valence-corrected chi connectivity index (χ0v) is 11.1. The van der Waals surface area contributed by atoms with Crippen LogP contribution in [-0.4, -0.2) is 24.1 Å². The molecule has 0 aliphatic rings. The molecule has 0 fully saturated rings. The summed E-state index contributed by atoms with van der Waals surface area (Å²) in [5.74, 6) is 0. The third-order valence-corrected chi connectivity index (χ3v) is 4.08. The van der Waals surface area contributed by atoms with Crippen LogP contribution in [0.25, 0.3) is 11.0 Å². The predicted octanol–water partition coefficient (Wildman–Crippen LogP) is 3.81. The van der Waals surface area contributed by atoms with Crippen LogP contribution in [0.5, 0.6) is 0 Å². The zero-order chi connectivity index (χ0) is 12.3. The van der Waals surface area contributed by atoms with Crippen LogP contribution in [0.4, 0.5) is 0 Å². The maximum atomic E-state index is 5.62. The second-order valence-electron chi connectivity index (χ2n) is 4.71. The van der Waals surface area contributed by atoms with Gasteiger partial charge in [0.05, 0.1) is 25.2 Å². The maximum Gasteiger partial charge on any atom is 0.134 e. The van der Waals surface area contributed by atoms with Crippen LogP contribution in [0.1, 0.15) is 26.3 Å². The Morgan fingerprint density at radius 1 is 1.00 bits per heavy atom. The number of hydrogen-bond acceptors (Lipinski definition) is 1. The monoisotopic (exact) mass is 232 g/mol. The molecule has 0 bridgehead atoms. The first-order valence-electron chi connectivity index (χ1n) is 6.55. The molecule has 0 aliphatic carbocycles. The number of para-hydroxylation sites is 1. The Labute approximate surface area is 103 Å². The number of hydrogen-bond donors (Lipinski definition) is 0. The third-order valence-electron chi connectivity index (χ3n) is 4.08. The van der Waals surface area contributed by atoms with Gasteiger partial charge in [0.25, 0.3) is 0 Å². The Balaban J connectivity index is 2.34. The minimum Gasteiger partial charge on any atom is -0.464 e. The van der Waals surface area contributed by atoms with E-state index in [0.29, 0.717) is 0 Å². The van der Waals surface area contributed by atoms with E-state index in [1.165, 1.54) is 30.6 Å². The highest BCUT2D eigenvalue weighted by Crippen LogP contribution is 2.24. The van der Waals surface area contributed by atoms with Crippen LogP contribution in [0.15, 0.2) is 34.9 Å². The normalized spacial score (nSPS) is 12.2. The molecule has 0 N–H and O–H groups in total. The number of rotatable bonds is 5. The molecule has 0 amide bonds. The van der Waals surface area contributed by atoms with Crippen LogP contribution in [0.3, 0.4) is 0 Å². The molecule has 17 heavy (non-hydrogen) atoms. The molecule has 0 aliphatic heterocycles. The summed E-state index contributed by atoms with van der Waals surface area (Å²) in [6.07, 6.45) is 1.93. The van der Waals surface area contributed by atoms with E-state index in [0.717, 1.165) is 16.6 Å². The van der Waals surface area contributed by atoms with Crippen LogP contribution in [0, 0.1) is 0 Å². The Bertz CT molecular complexity index is 474. The quantitative estimate of drug-likeness (QED) is 0.714. The van der Waals surface area contributed by atoms with E-state index in [4.69, 9.17) is 4.42 Å². The predicted molar refractivity (Wildman–Crippen MR) is 71.8 cm³/mol. The van der Waals surface area contributed by atoms with Crippen molar-refractivity contribution < 1.29 is 8.90 Å². The number of furan rings is 1. The summed E-state index contributed by atoms with van der Waals surface area (Å²) in [5.41, 5.74) is 2.34. The first-order valence-corrected chi connectivity index (χ1v) is 6.55. The lowest BCUT2D eigenvalue weighted by Gasteiger charge is -2.35. The Kier molecular flexibility index (Phi) is 3.53. The highest BCUT2D eigenvalue weighted by atomic mass is 16.3. The highest BCUT2D eigenvalue weighted by molar-refractivity contribution is 5.80. The van der Waals surface area contributed by atoms with Crippen molar-refractivity contribution in [2.45, 2.75) is 27.3 Å². The van der Waals surface area contributed by atoms with Crippen molar-refractivity contribution in [1.82, 2.24) is 0 Å². The van der Waals surface area contributed by atoms with E-state index in [1.54, 1.807) is 0 Å². The van der Waals surface area contributed by atoms with Crippen molar-refractivity contribution in [3.05, 3.63) is 36.1 Å². The number of benzene rings is 1. The van der Waals surface area contributed by atoms with Gasteiger partial charge in [-0.3, -0.25) is 0 Å². The van der Waals surface area contributed by atoms with Crippen molar-refractivity contribution in [3.8, 4) is 0 Å². The average molecular weight is 232 g/mol. The van der Waals surface area contributed by atoms with Crippen molar-refractivity contribution in [3.63, 3.8) is 0 Å². The van der Waals surface area contributed by atoms with Crippen molar-refractivity contribution in [2.24, 2.45) is 0 Å². The highest BCUT2D eigenvalue weighted by Gasteiger charge is 2.23. The molecule has 2 rings (SSSR count). The van der Waals surface area contributed by atoms with Gasteiger partial charge < -0.3 is 8.90 Å². The number of nitrogens with zero attached hydrogens (tertiary/aromatic N) is 1. The average Bonchev–Trinajstić information content (AvgIpc) is 2.79. The summed E-state index contributed by atoms with van der Waals surface area (Å²) in [6, 6.07) is 8.30. The van der Waals surface area contributed by atoms with Crippen molar-refractivity contribution >= 4 is 11.0 Å². The zero-order valence-electron chi connectivity index (χ0n) is 11.1. The molecule has 0 atom stereocenters. The first-order chi connectivity index (χ1) is 8.24. The van der Waals surface area contributed by atoms with Crippen LogP contribution >= 0.6 is 0 Å². The van der Waals surface area contributed by atoms with Gasteiger partial charge >= 0.3 is 0 Å². The minimum absolute atomic E-state index is 1.00. The van der Waals surface area contributed by atoms with Gasteiger partial charge in [0.1, 0.15) is 18.4 Å². The molecule has 92 valence electrons. The molecule has 0 radical (unpaired) electrons. The molecule has 1 heterocycles. The van der Waals surface area contributed by atoms with E-state index in [2.05, 4.69) is 32.9 Å². The molecule has 1 aromatic carbocycles. The van der Waals surface area contributed by atoms with Gasteiger partial charge in [-0.25, -0.2) is 0 Å². The lowest BCUT2D eigenvalue weighted by molar-refractivity contribution is -0.936. The molecule has 2 heteroatoms. The van der Waals surface area contributed by atoms with E-state index >= 15 is 0 Å². The van der Waals surface area contributed by atoms with Gasteiger partial charge in [-0.2, -0.15) is 0 Å². The van der Waals surface area contributed by atoms with Gasteiger partial charge in [0, 0.05) is 5.39 Å². The molecule has 0 spiro atoms. The van der Waals surface area contributed by atoms with Crippen molar-refractivity contribution in [2.75, 3.05) is 19.6 Å². The Hall–Kier alpha value is -1.28. The standard InChI is InChI=1S/C15H22NO/c1-4-16(5-2,6-3)11-13-12-17-15-10-8-7-9-14(13)15/h7-10,12H,4-6,11H2,1-3H3/q+1. The number of fused-ring (bicyclic) bond motifs is 1. The SMILES string of the molecule is CC[N+](CC)(CC)Cc1coc2ccccc12. The van der Waals surface area contributed by atoms with Gasteiger partial charge in [-0.05, 0) is 26.8 Å². The summed E-state index contributed by atoms with van der Waals surface area (Å²) in [6.45, 7) is 11.4. The van der Waals surface area contributed by atoms with E-state index in [9.17, 15) is 0 Å². The fourth-order valence-corrected chi connectivity index (χ4v) is 2.52. The third kappa shape index (κ3) is 2.22. The topological polar surface area (TPSA) is 13.1 Å². The summed E-state index contributed by atoms with van der Waals surface area (Å²) in [5, 5.41) is 1.27. The minimum atomic E-state index is 1.00. The summed E-state index contributed by atoms with van der Waals surface area (Å²) in [7, 11) is 0. The van der Waals surface area contributed by atoms with Crippen LogP contribution < -0.4 is 0 Å². The summed E-state index contributed by atoms with van der Waals surface area (Å²) < 4.78 is 6.75. The molecule has 1 aromatic heterocycles. The molecule has 2 nitrogen and oxygen atoms in total. The lowest BCUT2D eigenvalue weighted by atomic mass is 10.1. The van der Waals surface area contributed by atoms with Crippen LogP contribution in [-0.2, 0) is 6.54 Å². The molecular formula is C15H22NO+. The molecular weight excluding hydrogens is 210 g/mol. The van der Waals surface area contributed by atoms with E-state index in [1.807, 2.05) is 18.4 Å². The second-order valence-corrected chi connectivity index (χ2v) is 4.71. The Morgan fingerprint density at radius 2 is 1.65 bits per heavy atom. The fourth-order valence-electron chi connectivity index (χ4n) is 2.52. The smallest absolute Gasteiger partial charge is 0.134 e. The van der Waals surface area contributed by atoms with Gasteiger partial charge in [-0.15, -0.1) is 0 Å². The number of quaternary nitrogens is 1. The largest absolute Gasteiger partial charge is 0.464 e. The van der Waals surface area contributed by atoms with Gasteiger partial charge in [-0.1, -0.05) is 18.2 Å². The second kappa shape index (κ2) is 4.92. The first kappa shape index (κ1) is 12.2. The maximum absolute atomic E-state index is 5.62. The van der Waals surface area contributed by atoms with Gasteiger partial charge in [0.2, 0.25) is 0 Å². The molecule has 0 saturated carbocycles. The van der Waals surface area contributed by atoms with E-state index < -0.39 is 0 Å². The molecule has 2 aromatic rings. The molecule has 0 unspecified atom stereocenters. The fraction of sp³-hybridized carbons (Fsp3) is 0.467. The Morgan fingerprint density at radius 3 is 2.29 bits per heavy atom. The van der Waals surface area contributed by atoms with Crippen molar-refractivity contribution in [1.29, 1.82) is 0 Å². The van der Waals surface area contributed by atoms with Crippen LogP contribution in [0.2, 0.25) is 0 Å². The van der Waals surface area contributed by atoms with Gasteiger partial charge in [0.15, 0.2) is 0 Å². The molecule has 0 saturated heterocycles. The summed E-state index contributed by atoms with van der Waals surface area (Å²) >= 11 is 0. The summed E-state index contributed by atoms with van der Waals surface area (Å²) in [4.78, 5) is 0. The lowest BCUT2D eigenvalue weighted by Crippen LogP contribution is -2.46. The van der Waals surface area contributed by atoms with E-state index in [-0.39, 0.29) is 0 Å².